The first-order valence-electron chi connectivity index (χ1n) is 9.70. The maximum absolute atomic E-state index is 3.01. The molecule has 0 heterocycles. The quantitative estimate of drug-likeness (QED) is 0.295. The van der Waals surface area contributed by atoms with Crippen molar-refractivity contribution in [2.75, 3.05) is 0 Å². The lowest BCUT2D eigenvalue weighted by molar-refractivity contribution is 0.317. The second-order valence-corrected chi connectivity index (χ2v) is 131. The van der Waals surface area contributed by atoms with E-state index in [2.05, 4.69) is 64.5 Å². The van der Waals surface area contributed by atoms with Crippen LogP contribution in [0.1, 0.15) is 55.4 Å². The second-order valence-electron chi connectivity index (χ2n) is 10.2. The van der Waals surface area contributed by atoms with Crippen molar-refractivity contribution in [2.45, 2.75) is 79.6 Å². The summed E-state index contributed by atoms with van der Waals surface area (Å²) in [5.41, 5.74) is 0. The van der Waals surface area contributed by atoms with E-state index in [1.165, 1.54) is 0 Å². The van der Waals surface area contributed by atoms with Crippen LogP contribution in [0.15, 0.2) is 0 Å². The van der Waals surface area contributed by atoms with Crippen LogP contribution in [0.25, 0.3) is 0 Å². The topological polar surface area (TPSA) is 6.48 Å². The van der Waals surface area contributed by atoms with Crippen LogP contribution in [-0.2, 0) is 0 Å². The van der Waals surface area contributed by atoms with E-state index in [0.717, 1.165) is 24.2 Å². The maximum atomic E-state index is 3.01. The average molecular weight is 471 g/mol. The van der Waals surface area contributed by atoms with Crippen molar-refractivity contribution in [1.29, 1.82) is 0 Å². The molecule has 0 aromatic rings. The molecule has 0 bridgehead atoms. The first-order valence-corrected chi connectivity index (χ1v) is 38.3. The summed E-state index contributed by atoms with van der Waals surface area (Å²) in [5.74, 6) is 0. The van der Waals surface area contributed by atoms with Gasteiger partial charge in [0.1, 0.15) is 0 Å². The summed E-state index contributed by atoms with van der Waals surface area (Å²) in [4.78, 5) is 0. The van der Waals surface area contributed by atoms with Crippen LogP contribution in [0, 0.1) is 0 Å². The van der Waals surface area contributed by atoms with Crippen molar-refractivity contribution in [3.05, 3.63) is 0 Å². The van der Waals surface area contributed by atoms with E-state index in [4.69, 9.17) is 0 Å². The van der Waals surface area contributed by atoms with E-state index < -0.39 is 12.3 Å². The minimum absolute atomic E-state index is 0.146. The molecule has 0 rings (SSSR count). The molecule has 0 saturated heterocycles. The molecule has 0 atom stereocenters. The summed E-state index contributed by atoms with van der Waals surface area (Å²) in [6.07, 6.45) is -1.09. The van der Waals surface area contributed by atoms with E-state index in [-0.39, 0.29) is 18.4 Å². The number of rotatable bonds is 10. The molecule has 0 N–H and O–H groups in total. The molecule has 140 valence electrons. The summed E-state index contributed by atoms with van der Waals surface area (Å²) in [6, 6.07) is 3.30. The van der Waals surface area contributed by atoms with Crippen molar-refractivity contribution in [1.82, 2.24) is 9.13 Å². The molecule has 0 radical (unpaired) electrons. The van der Waals surface area contributed by atoms with Gasteiger partial charge in [-0.1, -0.05) is 55.4 Å². The Morgan fingerprint density at radius 2 is 0.783 bits per heavy atom. The second kappa shape index (κ2) is 10.3. The number of hydrogen-bond donors (Lipinski definition) is 0. The predicted molar refractivity (Wildman–Crippen MR) is 141 cm³/mol. The van der Waals surface area contributed by atoms with E-state index in [9.17, 15) is 0 Å². The molecule has 0 amide bonds. The van der Waals surface area contributed by atoms with E-state index >= 15 is 0 Å². The predicted octanol–water partition coefficient (Wildman–Crippen LogP) is -5.11. The van der Waals surface area contributed by atoms with Crippen molar-refractivity contribution in [2.24, 2.45) is 0 Å². The third-order valence-electron chi connectivity index (χ3n) is 4.83. The van der Waals surface area contributed by atoms with Gasteiger partial charge in [0.2, 0.25) is 0 Å². The first kappa shape index (κ1) is 24.9. The van der Waals surface area contributed by atoms with Crippen LogP contribution in [0.5, 0.6) is 0 Å². The Bertz CT molecular complexity index is 299. The zero-order valence-electron chi connectivity index (χ0n) is 18.3. The van der Waals surface area contributed by atoms with E-state index in [0.29, 0.717) is 8.55 Å². The van der Waals surface area contributed by atoms with Gasteiger partial charge in [0.05, 0.1) is 18.4 Å². The molecular weight excluding hydrogens is 425 g/mol. The molecule has 11 heteroatoms. The van der Waals surface area contributed by atoms with Gasteiger partial charge in [0, 0.05) is 12.3 Å². The molecule has 23 heavy (non-hydrogen) atoms. The van der Waals surface area contributed by atoms with Crippen LogP contribution in [-0.4, -0.2) is 112 Å². The van der Waals surface area contributed by atoms with Gasteiger partial charge in [-0.15, -0.1) is 0 Å². The Kier molecular flexibility index (Phi) is 11.1. The number of nitrogens with zero attached hydrogens (tertiary/aromatic N) is 2. The van der Waals surface area contributed by atoms with Crippen molar-refractivity contribution < 1.29 is 0 Å². The standard InChI is InChI=1S/C12H46N2Si9/c1-9(2)13(10(3)4)19-22(15,16)21-23(17,18)20-14(11(5)6)12(7)8/h9-12H,19-21H2,1-8,15-18H3. The summed E-state index contributed by atoms with van der Waals surface area (Å²) >= 11 is 0. The fourth-order valence-electron chi connectivity index (χ4n) is 4.32. The summed E-state index contributed by atoms with van der Waals surface area (Å²) in [7, 11) is 7.42. The van der Waals surface area contributed by atoms with Crippen LogP contribution in [0.3, 0.4) is 0 Å². The monoisotopic (exact) mass is 470 g/mol. The largest absolute Gasteiger partial charge is 0.328 e. The van der Waals surface area contributed by atoms with Gasteiger partial charge in [-0.2, -0.15) is 0 Å². The van der Waals surface area contributed by atoms with Gasteiger partial charge in [0.25, 0.3) is 0 Å². The molecule has 0 spiro atoms. The molecular formula is C12H46N2Si9. The highest BCUT2D eigenvalue weighted by atomic mass is 30.3. The van der Waals surface area contributed by atoms with Crippen molar-refractivity contribution in [3.8, 4) is 0 Å². The van der Waals surface area contributed by atoms with E-state index in [1.54, 1.807) is 39.0 Å². The average Bonchev–Trinajstić information content (AvgIpc) is 2.30. The molecule has 2 nitrogen and oxygen atoms in total. The van der Waals surface area contributed by atoms with E-state index in [1.807, 2.05) is 0 Å². The Hall–Kier alpha value is 1.87. The Labute approximate surface area is 166 Å². The van der Waals surface area contributed by atoms with Gasteiger partial charge in [-0.25, -0.2) is 0 Å². The highest BCUT2D eigenvalue weighted by molar-refractivity contribution is 8.01. The molecule has 0 unspecified atom stereocenters. The molecule has 0 fully saturated rings. The zero-order valence-corrected chi connectivity index (χ0v) is 32.6. The minimum atomic E-state index is -0.543. The lowest BCUT2D eigenvalue weighted by atomic mass is 10.3. The third kappa shape index (κ3) is 9.95. The molecule has 0 aromatic heterocycles. The van der Waals surface area contributed by atoms with Crippen molar-refractivity contribution >= 4 is 78.3 Å². The smallest absolute Gasteiger partial charge is 0.0776 e. The fourth-order valence-corrected chi connectivity index (χ4v) is 358. The summed E-state index contributed by atoms with van der Waals surface area (Å²) < 4.78 is 6.02. The Balaban J connectivity index is 4.97. The lowest BCUT2D eigenvalue weighted by Gasteiger charge is -2.42. The van der Waals surface area contributed by atoms with Gasteiger partial charge in [0.15, 0.2) is 0 Å². The molecule has 0 aromatic carbocycles. The Morgan fingerprint density at radius 3 is 0.957 bits per heavy atom. The zero-order chi connectivity index (χ0) is 18.6. The summed E-state index contributed by atoms with van der Waals surface area (Å²) in [5, 5.41) is 0. The third-order valence-corrected chi connectivity index (χ3v) is 110. The van der Waals surface area contributed by atoms with Gasteiger partial charge in [-0.05, 0) is 71.8 Å². The highest BCUT2D eigenvalue weighted by Gasteiger charge is 2.37. The Morgan fingerprint density at radius 1 is 0.565 bits per heavy atom. The van der Waals surface area contributed by atoms with Crippen molar-refractivity contribution in [3.63, 3.8) is 0 Å². The number of hydrogen-bond acceptors (Lipinski definition) is 2. The first-order chi connectivity index (χ1) is 10.2. The fraction of sp³-hybridized carbons (Fsp3) is 1.00. The normalized spacial score (nSPS) is 20.6. The van der Waals surface area contributed by atoms with Gasteiger partial charge >= 0.3 is 0 Å². The van der Waals surface area contributed by atoms with Gasteiger partial charge < -0.3 is 9.13 Å². The highest BCUT2D eigenvalue weighted by Crippen LogP contribution is 2.09. The molecule has 0 saturated carbocycles. The van der Waals surface area contributed by atoms with Gasteiger partial charge in [-0.3, -0.25) is 0 Å². The molecule has 0 aliphatic carbocycles. The maximum Gasteiger partial charge on any atom is 0.0776 e. The van der Waals surface area contributed by atoms with Crippen LogP contribution < -0.4 is 0 Å². The molecule has 0 aliphatic heterocycles. The molecule has 0 aliphatic rings. The van der Waals surface area contributed by atoms with Crippen LogP contribution in [0.4, 0.5) is 0 Å². The SMILES string of the molecule is CC(C)N([SiH2][Si]([SiH3])([SiH3])[SiH2][Si]([SiH3])([SiH3])[SiH2]N(C(C)C)C(C)C)C(C)C. The summed E-state index contributed by atoms with van der Waals surface area (Å²) in [6.45, 7) is 19.7. The minimum Gasteiger partial charge on any atom is -0.328 e. The van der Waals surface area contributed by atoms with Crippen LogP contribution >= 0.6 is 0 Å². The lowest BCUT2D eigenvalue weighted by Crippen LogP contribution is -2.72. The van der Waals surface area contributed by atoms with Crippen LogP contribution in [0.2, 0.25) is 0 Å².